The predicted molar refractivity (Wildman–Crippen MR) is 74.0 cm³/mol. The number of nitro groups is 1. The summed E-state index contributed by atoms with van der Waals surface area (Å²) in [6, 6.07) is 9.32. The molecule has 5 nitrogen and oxygen atoms in total. The van der Waals surface area contributed by atoms with Gasteiger partial charge in [-0.1, -0.05) is 12.1 Å². The molecular weight excluding hydrogens is 262 g/mol. The number of nitriles is 1. The zero-order chi connectivity index (χ0) is 13.9. The van der Waals surface area contributed by atoms with Gasteiger partial charge in [-0.15, -0.1) is 11.8 Å². The Morgan fingerprint density at radius 2 is 2.26 bits per heavy atom. The van der Waals surface area contributed by atoms with Crippen LogP contribution in [0.1, 0.15) is 19.8 Å². The van der Waals surface area contributed by atoms with Gasteiger partial charge in [0.15, 0.2) is 0 Å². The van der Waals surface area contributed by atoms with E-state index in [9.17, 15) is 15.4 Å². The Labute approximate surface area is 116 Å². The lowest BCUT2D eigenvalue weighted by molar-refractivity contribution is -0.387. The van der Waals surface area contributed by atoms with Crippen molar-refractivity contribution in [2.24, 2.45) is 0 Å². The van der Waals surface area contributed by atoms with Crippen molar-refractivity contribution in [3.63, 3.8) is 0 Å². The van der Waals surface area contributed by atoms with E-state index in [-0.39, 0.29) is 10.6 Å². The van der Waals surface area contributed by atoms with Crippen molar-refractivity contribution in [2.75, 3.05) is 5.75 Å². The molecule has 1 aliphatic rings. The van der Waals surface area contributed by atoms with Crippen molar-refractivity contribution in [1.29, 1.82) is 5.26 Å². The summed E-state index contributed by atoms with van der Waals surface area (Å²) in [5.41, 5.74) is -0.547. The van der Waals surface area contributed by atoms with Crippen LogP contribution in [0.2, 0.25) is 0 Å². The Kier molecular flexibility index (Phi) is 4.08. The topological polar surface area (TPSA) is 79.0 Å². The summed E-state index contributed by atoms with van der Waals surface area (Å²) in [7, 11) is 0. The molecule has 0 amide bonds. The van der Waals surface area contributed by atoms with Crippen LogP contribution in [-0.2, 0) is 0 Å². The molecule has 0 heterocycles. The third kappa shape index (κ3) is 3.69. The van der Waals surface area contributed by atoms with Crippen molar-refractivity contribution < 1.29 is 4.92 Å². The number of nitro benzene ring substituents is 1. The van der Waals surface area contributed by atoms with Gasteiger partial charge in [0.25, 0.3) is 5.69 Å². The summed E-state index contributed by atoms with van der Waals surface area (Å²) in [4.78, 5) is 11.1. The fraction of sp³-hybridized carbons (Fsp3) is 0.462. The number of nitrogens with zero attached hydrogens (tertiary/aromatic N) is 2. The zero-order valence-electron chi connectivity index (χ0n) is 10.6. The van der Waals surface area contributed by atoms with Crippen LogP contribution in [0, 0.1) is 21.4 Å². The van der Waals surface area contributed by atoms with Gasteiger partial charge in [0.1, 0.15) is 5.54 Å². The van der Waals surface area contributed by atoms with Crippen molar-refractivity contribution in [3.8, 4) is 6.07 Å². The number of thioether (sulfide) groups is 1. The summed E-state index contributed by atoms with van der Waals surface area (Å²) < 4.78 is 0. The molecule has 1 atom stereocenters. The molecule has 1 aliphatic carbocycles. The Balaban J connectivity index is 2.05. The molecule has 6 heteroatoms. The van der Waals surface area contributed by atoms with E-state index >= 15 is 0 Å². The molecular formula is C13H15N3O2S. The molecule has 0 spiro atoms. The second-order valence-corrected chi connectivity index (χ2v) is 5.89. The Bertz CT molecular complexity index is 525. The lowest BCUT2D eigenvalue weighted by Gasteiger charge is -2.22. The van der Waals surface area contributed by atoms with E-state index in [0.717, 1.165) is 12.8 Å². The van der Waals surface area contributed by atoms with Crippen molar-refractivity contribution in [2.45, 2.75) is 36.2 Å². The quantitative estimate of drug-likeness (QED) is 0.491. The largest absolute Gasteiger partial charge is 0.296 e. The van der Waals surface area contributed by atoms with Gasteiger partial charge in [-0.3, -0.25) is 15.4 Å². The molecule has 2 rings (SSSR count). The number of para-hydroxylation sites is 1. The molecule has 19 heavy (non-hydrogen) atoms. The fourth-order valence-electron chi connectivity index (χ4n) is 1.74. The molecule has 0 aromatic heterocycles. The first-order chi connectivity index (χ1) is 9.04. The third-order valence-corrected chi connectivity index (χ3v) is 4.30. The van der Waals surface area contributed by atoms with E-state index in [1.807, 2.05) is 6.92 Å². The third-order valence-electron chi connectivity index (χ3n) is 2.93. The highest BCUT2D eigenvalue weighted by atomic mass is 32.2. The minimum Gasteiger partial charge on any atom is -0.296 e. The van der Waals surface area contributed by atoms with E-state index in [0.29, 0.717) is 16.7 Å². The smallest absolute Gasteiger partial charge is 0.282 e. The SMILES string of the molecule is CC(C#N)(CSc1ccccc1[N+](=O)[O-])NC1CC1. The summed E-state index contributed by atoms with van der Waals surface area (Å²) >= 11 is 1.35. The summed E-state index contributed by atoms with van der Waals surface area (Å²) in [6.45, 7) is 1.84. The first-order valence-corrected chi connectivity index (χ1v) is 7.08. The van der Waals surface area contributed by atoms with Gasteiger partial charge in [-0.05, 0) is 25.8 Å². The minimum atomic E-state index is -0.643. The normalized spacial score (nSPS) is 17.5. The highest BCUT2D eigenvalue weighted by Crippen LogP contribution is 2.32. The predicted octanol–water partition coefficient (Wildman–Crippen LogP) is 2.72. The maximum absolute atomic E-state index is 10.9. The Morgan fingerprint density at radius 1 is 1.58 bits per heavy atom. The van der Waals surface area contributed by atoms with Crippen LogP contribution in [0.3, 0.4) is 0 Å². The highest BCUT2D eigenvalue weighted by Gasteiger charge is 2.33. The van der Waals surface area contributed by atoms with Crippen molar-refractivity contribution >= 4 is 17.4 Å². The average Bonchev–Trinajstić information content (AvgIpc) is 3.20. The van der Waals surface area contributed by atoms with Gasteiger partial charge in [0.05, 0.1) is 15.9 Å². The molecule has 1 aromatic carbocycles. The van der Waals surface area contributed by atoms with Crippen molar-refractivity contribution in [1.82, 2.24) is 5.32 Å². The lowest BCUT2D eigenvalue weighted by Crippen LogP contribution is -2.44. The summed E-state index contributed by atoms with van der Waals surface area (Å²) in [6.07, 6.45) is 2.21. The molecule has 1 N–H and O–H groups in total. The highest BCUT2D eigenvalue weighted by molar-refractivity contribution is 7.99. The first-order valence-electron chi connectivity index (χ1n) is 6.09. The molecule has 1 aromatic rings. The van der Waals surface area contributed by atoms with Gasteiger partial charge < -0.3 is 0 Å². The summed E-state index contributed by atoms with van der Waals surface area (Å²) in [5, 5.41) is 23.5. The number of rotatable bonds is 6. The van der Waals surface area contributed by atoms with E-state index in [1.54, 1.807) is 18.2 Å². The molecule has 0 radical (unpaired) electrons. The van der Waals surface area contributed by atoms with Gasteiger partial charge in [-0.2, -0.15) is 5.26 Å². The van der Waals surface area contributed by atoms with Crippen molar-refractivity contribution in [3.05, 3.63) is 34.4 Å². The molecule has 100 valence electrons. The Hall–Kier alpha value is -1.58. The number of nitrogens with one attached hydrogen (secondary N) is 1. The zero-order valence-corrected chi connectivity index (χ0v) is 11.4. The van der Waals surface area contributed by atoms with Crippen LogP contribution in [0.5, 0.6) is 0 Å². The van der Waals surface area contributed by atoms with Crippen LogP contribution >= 0.6 is 11.8 Å². The maximum atomic E-state index is 10.9. The van der Waals surface area contributed by atoms with E-state index < -0.39 is 5.54 Å². The lowest BCUT2D eigenvalue weighted by atomic mass is 10.1. The van der Waals surface area contributed by atoms with Gasteiger partial charge in [-0.25, -0.2) is 0 Å². The second kappa shape index (κ2) is 5.59. The first kappa shape index (κ1) is 13.8. The van der Waals surface area contributed by atoms with Crippen LogP contribution in [-0.4, -0.2) is 22.3 Å². The molecule has 0 saturated heterocycles. The van der Waals surface area contributed by atoms with E-state index in [1.165, 1.54) is 17.8 Å². The van der Waals surface area contributed by atoms with E-state index in [4.69, 9.17) is 0 Å². The average molecular weight is 277 g/mol. The van der Waals surface area contributed by atoms with Crippen LogP contribution < -0.4 is 5.32 Å². The number of hydrogen-bond donors (Lipinski definition) is 1. The molecule has 1 saturated carbocycles. The molecule has 0 aliphatic heterocycles. The van der Waals surface area contributed by atoms with Gasteiger partial charge in [0, 0.05) is 17.9 Å². The van der Waals surface area contributed by atoms with Gasteiger partial charge >= 0.3 is 0 Å². The number of benzene rings is 1. The molecule has 1 fully saturated rings. The Morgan fingerprint density at radius 3 is 2.84 bits per heavy atom. The molecule has 1 unspecified atom stereocenters. The van der Waals surface area contributed by atoms with Crippen LogP contribution in [0.4, 0.5) is 5.69 Å². The standard InChI is InChI=1S/C13H15N3O2S/c1-13(8-14,15-10-6-7-10)9-19-12-5-3-2-4-11(12)16(17)18/h2-5,10,15H,6-7,9H2,1H3. The molecule has 0 bridgehead atoms. The maximum Gasteiger partial charge on any atom is 0.282 e. The van der Waals surface area contributed by atoms with Crippen LogP contribution in [0.15, 0.2) is 29.2 Å². The second-order valence-electron chi connectivity index (χ2n) is 4.88. The summed E-state index contributed by atoms with van der Waals surface area (Å²) in [5.74, 6) is 0.491. The minimum absolute atomic E-state index is 0.0965. The van der Waals surface area contributed by atoms with E-state index in [2.05, 4.69) is 11.4 Å². The van der Waals surface area contributed by atoms with Gasteiger partial charge in [0.2, 0.25) is 0 Å². The fourth-order valence-corrected chi connectivity index (χ4v) is 2.79. The number of hydrogen-bond acceptors (Lipinski definition) is 5. The van der Waals surface area contributed by atoms with Crippen LogP contribution in [0.25, 0.3) is 0 Å². The monoisotopic (exact) mass is 277 g/mol.